The summed E-state index contributed by atoms with van der Waals surface area (Å²) in [5, 5.41) is 0. The first-order chi connectivity index (χ1) is 13.4. The molecule has 1 aliphatic heterocycles. The second kappa shape index (κ2) is 7.24. The van der Waals surface area contributed by atoms with Gasteiger partial charge in [0.25, 0.3) is 5.56 Å². The van der Waals surface area contributed by atoms with Gasteiger partial charge in [0.2, 0.25) is 5.95 Å². The molecule has 0 amide bonds. The molecule has 0 spiro atoms. The molecular formula is C20H24BrN5O2. The van der Waals surface area contributed by atoms with Gasteiger partial charge < -0.3 is 9.47 Å². The van der Waals surface area contributed by atoms with Gasteiger partial charge in [-0.25, -0.2) is 4.79 Å². The van der Waals surface area contributed by atoms with Gasteiger partial charge >= 0.3 is 5.69 Å². The minimum atomic E-state index is -0.350. The van der Waals surface area contributed by atoms with Crippen LogP contribution in [0, 0.1) is 5.92 Å². The summed E-state index contributed by atoms with van der Waals surface area (Å²) in [5.74, 6) is 1.47. The van der Waals surface area contributed by atoms with E-state index in [1.165, 1.54) is 9.13 Å². The van der Waals surface area contributed by atoms with Crippen LogP contribution in [0.4, 0.5) is 5.95 Å². The van der Waals surface area contributed by atoms with E-state index in [1.807, 2.05) is 35.9 Å². The van der Waals surface area contributed by atoms with Gasteiger partial charge in [0, 0.05) is 31.7 Å². The molecule has 2 aromatic heterocycles. The molecule has 7 nitrogen and oxygen atoms in total. The fraction of sp³-hybridized carbons (Fsp3) is 0.450. The van der Waals surface area contributed by atoms with Crippen molar-refractivity contribution in [3.05, 3.63) is 55.1 Å². The lowest BCUT2D eigenvalue weighted by Gasteiger charge is -2.30. The molecule has 28 heavy (non-hydrogen) atoms. The van der Waals surface area contributed by atoms with Gasteiger partial charge in [0.05, 0.1) is 6.54 Å². The van der Waals surface area contributed by atoms with Crippen LogP contribution in [0.5, 0.6) is 0 Å². The van der Waals surface area contributed by atoms with E-state index in [0.29, 0.717) is 17.1 Å². The quantitative estimate of drug-likeness (QED) is 0.620. The Balaban J connectivity index is 1.82. The number of hydrogen-bond acceptors (Lipinski definition) is 4. The van der Waals surface area contributed by atoms with Crippen molar-refractivity contribution < 1.29 is 0 Å². The zero-order valence-electron chi connectivity index (χ0n) is 16.4. The fourth-order valence-electron chi connectivity index (χ4n) is 3.84. The first-order valence-corrected chi connectivity index (χ1v) is 10.3. The number of halogens is 1. The smallest absolute Gasteiger partial charge is 0.332 e. The predicted molar refractivity (Wildman–Crippen MR) is 114 cm³/mol. The molecule has 0 atom stereocenters. The molecule has 0 aliphatic carbocycles. The number of piperidine rings is 1. The van der Waals surface area contributed by atoms with E-state index in [0.717, 1.165) is 41.9 Å². The van der Waals surface area contributed by atoms with Gasteiger partial charge in [0.1, 0.15) is 0 Å². The summed E-state index contributed by atoms with van der Waals surface area (Å²) in [6.07, 6.45) is 2.21. The summed E-state index contributed by atoms with van der Waals surface area (Å²) < 4.78 is 5.56. The Hall–Kier alpha value is -2.35. The lowest BCUT2D eigenvalue weighted by atomic mass is 10.00. The average Bonchev–Trinajstić information content (AvgIpc) is 3.03. The van der Waals surface area contributed by atoms with Crippen LogP contribution in [0.2, 0.25) is 0 Å². The predicted octanol–water partition coefficient (Wildman–Crippen LogP) is 2.48. The molecule has 4 rings (SSSR count). The lowest BCUT2D eigenvalue weighted by molar-refractivity contribution is 0.433. The van der Waals surface area contributed by atoms with Crippen molar-refractivity contribution in [2.24, 2.45) is 20.0 Å². The Labute approximate surface area is 171 Å². The van der Waals surface area contributed by atoms with Gasteiger partial charge in [-0.3, -0.25) is 13.9 Å². The molecule has 1 saturated heterocycles. The number of aryl methyl sites for hydroxylation is 2. The standard InChI is InChI=1S/C20H24BrN5O2/c1-13-8-10-25(11-9-13)19-22-17-16(23(19)2)18(27)26(20(28)24(17)3)12-14-4-6-15(21)7-5-14/h4-7,13H,8-12H2,1-3H3. The van der Waals surface area contributed by atoms with Gasteiger partial charge in [-0.2, -0.15) is 4.98 Å². The van der Waals surface area contributed by atoms with E-state index in [-0.39, 0.29) is 17.8 Å². The van der Waals surface area contributed by atoms with Crippen molar-refractivity contribution in [1.82, 2.24) is 18.7 Å². The SMILES string of the molecule is CC1CCN(c2nc3c(c(=O)n(Cc4ccc(Br)cc4)c(=O)n3C)n2C)CC1. The summed E-state index contributed by atoms with van der Waals surface area (Å²) in [6, 6.07) is 7.62. The minimum absolute atomic E-state index is 0.233. The number of fused-ring (bicyclic) bond motifs is 1. The number of nitrogens with zero attached hydrogens (tertiary/aromatic N) is 5. The Morgan fingerprint density at radius 1 is 1.07 bits per heavy atom. The topological polar surface area (TPSA) is 65.1 Å². The summed E-state index contributed by atoms with van der Waals surface area (Å²) in [7, 11) is 3.54. The van der Waals surface area contributed by atoms with Crippen molar-refractivity contribution in [3.8, 4) is 0 Å². The maximum atomic E-state index is 13.2. The van der Waals surface area contributed by atoms with Crippen LogP contribution in [0.3, 0.4) is 0 Å². The molecule has 3 aromatic rings. The van der Waals surface area contributed by atoms with Gasteiger partial charge in [-0.05, 0) is 36.5 Å². The van der Waals surface area contributed by atoms with Gasteiger partial charge in [-0.15, -0.1) is 0 Å². The molecule has 0 N–H and O–H groups in total. The summed E-state index contributed by atoms with van der Waals surface area (Å²) in [6.45, 7) is 4.33. The molecule has 0 radical (unpaired) electrons. The lowest BCUT2D eigenvalue weighted by Crippen LogP contribution is -2.39. The molecule has 148 valence electrons. The number of imidazole rings is 1. The maximum absolute atomic E-state index is 13.2. The molecule has 0 saturated carbocycles. The van der Waals surface area contributed by atoms with E-state index < -0.39 is 0 Å². The normalized spacial score (nSPS) is 15.5. The third-order valence-corrected chi connectivity index (χ3v) is 6.19. The maximum Gasteiger partial charge on any atom is 0.332 e. The fourth-order valence-corrected chi connectivity index (χ4v) is 4.10. The number of benzene rings is 1. The molecule has 8 heteroatoms. The van der Waals surface area contributed by atoms with Crippen LogP contribution in [0.25, 0.3) is 11.2 Å². The van der Waals surface area contributed by atoms with Crippen LogP contribution in [0.1, 0.15) is 25.3 Å². The zero-order chi connectivity index (χ0) is 20.0. The molecule has 1 fully saturated rings. The van der Waals surface area contributed by atoms with Crippen LogP contribution in [-0.2, 0) is 20.6 Å². The summed E-state index contributed by atoms with van der Waals surface area (Å²) >= 11 is 3.41. The van der Waals surface area contributed by atoms with Crippen molar-refractivity contribution in [3.63, 3.8) is 0 Å². The number of hydrogen-bond donors (Lipinski definition) is 0. The molecule has 3 heterocycles. The van der Waals surface area contributed by atoms with E-state index in [4.69, 9.17) is 0 Å². The first-order valence-electron chi connectivity index (χ1n) is 9.52. The average molecular weight is 446 g/mol. The van der Waals surface area contributed by atoms with Gasteiger partial charge in [-0.1, -0.05) is 35.0 Å². The third-order valence-electron chi connectivity index (χ3n) is 5.66. The van der Waals surface area contributed by atoms with Crippen molar-refractivity contribution in [2.75, 3.05) is 18.0 Å². The third kappa shape index (κ3) is 3.19. The second-order valence-electron chi connectivity index (χ2n) is 7.67. The highest BCUT2D eigenvalue weighted by Crippen LogP contribution is 2.24. The van der Waals surface area contributed by atoms with Crippen LogP contribution >= 0.6 is 15.9 Å². The number of rotatable bonds is 3. The van der Waals surface area contributed by atoms with E-state index >= 15 is 0 Å². The minimum Gasteiger partial charge on any atom is -0.342 e. The zero-order valence-corrected chi connectivity index (χ0v) is 17.9. The molecule has 1 aromatic carbocycles. The van der Waals surface area contributed by atoms with Crippen molar-refractivity contribution >= 4 is 33.0 Å². The van der Waals surface area contributed by atoms with Gasteiger partial charge in [0.15, 0.2) is 11.2 Å². The monoisotopic (exact) mass is 445 g/mol. The van der Waals surface area contributed by atoms with E-state index in [9.17, 15) is 9.59 Å². The number of anilines is 1. The van der Waals surface area contributed by atoms with E-state index in [2.05, 4.69) is 32.7 Å². The van der Waals surface area contributed by atoms with Crippen molar-refractivity contribution in [2.45, 2.75) is 26.3 Å². The molecule has 0 unspecified atom stereocenters. The highest BCUT2D eigenvalue weighted by Gasteiger charge is 2.24. The Morgan fingerprint density at radius 2 is 1.71 bits per heavy atom. The van der Waals surface area contributed by atoms with E-state index in [1.54, 1.807) is 7.05 Å². The second-order valence-corrected chi connectivity index (χ2v) is 8.59. The van der Waals surface area contributed by atoms with Crippen molar-refractivity contribution in [1.29, 1.82) is 0 Å². The Bertz CT molecular complexity index is 1130. The molecule has 0 bridgehead atoms. The van der Waals surface area contributed by atoms with Crippen LogP contribution in [0.15, 0.2) is 38.3 Å². The highest BCUT2D eigenvalue weighted by molar-refractivity contribution is 9.10. The summed E-state index contributed by atoms with van der Waals surface area (Å²) in [4.78, 5) is 33.0. The van der Waals surface area contributed by atoms with Crippen LogP contribution < -0.4 is 16.1 Å². The number of aromatic nitrogens is 4. The Kier molecular flexibility index (Phi) is 4.91. The highest BCUT2D eigenvalue weighted by atomic mass is 79.9. The largest absolute Gasteiger partial charge is 0.342 e. The molecular weight excluding hydrogens is 422 g/mol. The van der Waals surface area contributed by atoms with Crippen LogP contribution in [-0.4, -0.2) is 31.8 Å². The first kappa shape index (κ1) is 19.0. The summed E-state index contributed by atoms with van der Waals surface area (Å²) in [5.41, 5.74) is 1.16. The molecule has 1 aliphatic rings. The Morgan fingerprint density at radius 3 is 2.36 bits per heavy atom.